The van der Waals surface area contributed by atoms with E-state index in [1.165, 1.54) is 30.8 Å². The first-order valence-corrected chi connectivity index (χ1v) is 6.44. The third kappa shape index (κ3) is 29.2. The smallest absolute Gasteiger partial charge is 0.402 e. The lowest BCUT2D eigenvalue weighted by Gasteiger charge is -2.05. The fourth-order valence-corrected chi connectivity index (χ4v) is 1.92. The molecule has 0 saturated carbocycles. The third-order valence-corrected chi connectivity index (χ3v) is 2.70. The summed E-state index contributed by atoms with van der Waals surface area (Å²) in [7, 11) is 0. The molecule has 1 saturated heterocycles. The Morgan fingerprint density at radius 1 is 1.19 bits per heavy atom. The highest BCUT2D eigenvalue weighted by atomic mass is 32.2. The highest BCUT2D eigenvalue weighted by molar-refractivity contribution is 7.99. The second-order valence-electron chi connectivity index (χ2n) is 3.16. The van der Waals surface area contributed by atoms with Crippen LogP contribution in [0.5, 0.6) is 0 Å². The van der Waals surface area contributed by atoms with Crippen LogP contribution in [-0.2, 0) is 4.79 Å². The highest BCUT2D eigenvalue weighted by Crippen LogP contribution is 2.14. The Morgan fingerprint density at radius 2 is 1.62 bits per heavy atom. The van der Waals surface area contributed by atoms with E-state index in [1.54, 1.807) is 0 Å². The van der Waals surface area contributed by atoms with Gasteiger partial charge in [-0.15, -0.1) is 0 Å². The van der Waals surface area contributed by atoms with Crippen molar-refractivity contribution in [1.82, 2.24) is 0 Å². The molecule has 0 spiro atoms. The molecule has 0 aromatic heterocycles. The molecule has 6 heteroatoms. The number of thioether (sulfide) groups is 1. The van der Waals surface area contributed by atoms with Crippen molar-refractivity contribution in [2.45, 2.75) is 39.0 Å². The number of rotatable bonds is 2. The van der Waals surface area contributed by atoms with Crippen molar-refractivity contribution in [3.8, 4) is 0 Å². The minimum absolute atomic E-state index is 0.292. The van der Waals surface area contributed by atoms with Crippen LogP contribution in [0.2, 0.25) is 0 Å². The van der Waals surface area contributed by atoms with Crippen molar-refractivity contribution in [3.05, 3.63) is 0 Å². The molecule has 1 aliphatic heterocycles. The summed E-state index contributed by atoms with van der Waals surface area (Å²) < 4.78 is 0. The summed E-state index contributed by atoms with van der Waals surface area (Å²) in [4.78, 5) is 18.4. The Bertz CT molecular complexity index is 168. The third-order valence-electron chi connectivity index (χ3n) is 1.54. The van der Waals surface area contributed by atoms with Crippen LogP contribution in [0, 0.1) is 0 Å². The molecule has 4 N–H and O–H groups in total. The van der Waals surface area contributed by atoms with Crippen molar-refractivity contribution in [2.24, 2.45) is 5.73 Å². The number of nitrogens with two attached hydrogens (primary N) is 1. The van der Waals surface area contributed by atoms with Crippen molar-refractivity contribution in [1.29, 1.82) is 0 Å². The molecule has 1 heterocycles. The average Bonchev–Trinajstić information content (AvgIpc) is 2.20. The number of carboxylic acid groups (broad SMARTS) is 2. The normalized spacial score (nSPS) is 13.6. The van der Waals surface area contributed by atoms with Gasteiger partial charge in [0, 0.05) is 6.42 Å². The number of carbonyl (C=O) groups is 2. The molecule has 0 radical (unpaired) electrons. The number of aliphatic carboxylic acids is 1. The van der Waals surface area contributed by atoms with E-state index in [0.29, 0.717) is 6.42 Å². The maximum Gasteiger partial charge on any atom is 0.402 e. The Balaban J connectivity index is 0. The summed E-state index contributed by atoms with van der Waals surface area (Å²) in [5, 5.41) is 15.1. The van der Waals surface area contributed by atoms with Crippen LogP contribution in [-0.4, -0.2) is 33.8 Å². The minimum Gasteiger partial charge on any atom is -0.481 e. The lowest BCUT2D eigenvalue weighted by atomic mass is 10.3. The molecule has 0 aliphatic carbocycles. The molecule has 0 aromatic rings. The van der Waals surface area contributed by atoms with Gasteiger partial charge in [0.2, 0.25) is 0 Å². The predicted molar refractivity (Wildman–Crippen MR) is 65.9 cm³/mol. The zero-order valence-corrected chi connectivity index (χ0v) is 10.5. The molecule has 5 nitrogen and oxygen atoms in total. The van der Waals surface area contributed by atoms with E-state index in [4.69, 9.17) is 15.0 Å². The fourth-order valence-electron chi connectivity index (χ4n) is 0.901. The number of amides is 1. The number of hydrogen-bond donors (Lipinski definition) is 3. The summed E-state index contributed by atoms with van der Waals surface area (Å²) >= 11 is 2.09. The molecule has 1 fully saturated rings. The SMILES string of the molecule is C1CCSCC1.CCCC(=O)O.NC(=O)O. The van der Waals surface area contributed by atoms with Gasteiger partial charge in [0.05, 0.1) is 0 Å². The summed E-state index contributed by atoms with van der Waals surface area (Å²) in [5.41, 5.74) is 4.03. The molecular weight excluding hydrogens is 230 g/mol. The zero-order valence-electron chi connectivity index (χ0n) is 9.65. The summed E-state index contributed by atoms with van der Waals surface area (Å²) in [6.45, 7) is 1.84. The van der Waals surface area contributed by atoms with Gasteiger partial charge in [-0.2, -0.15) is 11.8 Å². The van der Waals surface area contributed by atoms with Crippen molar-refractivity contribution < 1.29 is 19.8 Å². The Hall–Kier alpha value is -0.910. The molecule has 0 unspecified atom stereocenters. The molecule has 1 aliphatic rings. The molecule has 1 amide bonds. The standard InChI is InChI=1S/C5H10S.C4H8O2.CH3NO2/c1-2-4-6-5-3-1;1-2-3-4(5)6;2-1(3)4/h1-5H2;2-3H2,1H3,(H,5,6);2H2,(H,3,4). The number of primary amides is 1. The first-order valence-electron chi connectivity index (χ1n) is 5.28. The Kier molecular flexibility index (Phi) is 15.4. The van der Waals surface area contributed by atoms with Crippen molar-refractivity contribution in [2.75, 3.05) is 11.5 Å². The molecule has 96 valence electrons. The van der Waals surface area contributed by atoms with E-state index in [9.17, 15) is 4.79 Å². The van der Waals surface area contributed by atoms with E-state index in [0.717, 1.165) is 6.42 Å². The molecule has 16 heavy (non-hydrogen) atoms. The monoisotopic (exact) mass is 251 g/mol. The largest absolute Gasteiger partial charge is 0.481 e. The van der Waals surface area contributed by atoms with E-state index in [-0.39, 0.29) is 0 Å². The molecule has 0 bridgehead atoms. The summed E-state index contributed by atoms with van der Waals surface area (Å²) in [5.74, 6) is 2.12. The average molecular weight is 251 g/mol. The maximum atomic E-state index is 9.60. The van der Waals surface area contributed by atoms with Crippen molar-refractivity contribution >= 4 is 23.8 Å². The van der Waals surface area contributed by atoms with Crippen LogP contribution in [0.25, 0.3) is 0 Å². The second kappa shape index (κ2) is 14.1. The van der Waals surface area contributed by atoms with E-state index in [2.05, 4.69) is 17.5 Å². The second-order valence-corrected chi connectivity index (χ2v) is 4.38. The number of hydrogen-bond acceptors (Lipinski definition) is 3. The van der Waals surface area contributed by atoms with Gasteiger partial charge < -0.3 is 15.9 Å². The lowest BCUT2D eigenvalue weighted by Crippen LogP contribution is -2.03. The first-order chi connectivity index (χ1) is 7.50. The van der Waals surface area contributed by atoms with Gasteiger partial charge >= 0.3 is 12.1 Å². The van der Waals surface area contributed by atoms with Crippen LogP contribution in [0.3, 0.4) is 0 Å². The minimum atomic E-state index is -1.33. The quantitative estimate of drug-likeness (QED) is 0.699. The highest BCUT2D eigenvalue weighted by Gasteiger charge is 1.95. The van der Waals surface area contributed by atoms with Crippen LogP contribution in [0.15, 0.2) is 0 Å². The Labute approximate surface area is 100 Å². The summed E-state index contributed by atoms with van der Waals surface area (Å²) in [6.07, 6.45) is 4.09. The van der Waals surface area contributed by atoms with Gasteiger partial charge in [-0.3, -0.25) is 4.79 Å². The topological polar surface area (TPSA) is 101 Å². The van der Waals surface area contributed by atoms with Crippen LogP contribution >= 0.6 is 11.8 Å². The molecular formula is C10H21NO4S. The van der Waals surface area contributed by atoms with E-state index in [1.807, 2.05) is 6.92 Å². The van der Waals surface area contributed by atoms with Gasteiger partial charge in [0.25, 0.3) is 0 Å². The zero-order chi connectivity index (χ0) is 12.8. The van der Waals surface area contributed by atoms with Crippen LogP contribution in [0.4, 0.5) is 4.79 Å². The van der Waals surface area contributed by atoms with Gasteiger partial charge in [-0.1, -0.05) is 13.3 Å². The lowest BCUT2D eigenvalue weighted by molar-refractivity contribution is -0.137. The fraction of sp³-hybridized carbons (Fsp3) is 0.800. The molecule has 0 atom stereocenters. The van der Waals surface area contributed by atoms with Gasteiger partial charge in [-0.25, -0.2) is 4.79 Å². The molecule has 0 aromatic carbocycles. The maximum absolute atomic E-state index is 9.60. The predicted octanol–water partition coefficient (Wildman–Crippen LogP) is 2.40. The molecule has 1 rings (SSSR count). The van der Waals surface area contributed by atoms with E-state index >= 15 is 0 Å². The van der Waals surface area contributed by atoms with Crippen LogP contribution < -0.4 is 5.73 Å². The number of carboxylic acids is 1. The van der Waals surface area contributed by atoms with Gasteiger partial charge in [-0.05, 0) is 30.8 Å². The van der Waals surface area contributed by atoms with Gasteiger partial charge in [0.1, 0.15) is 0 Å². The van der Waals surface area contributed by atoms with Crippen LogP contribution in [0.1, 0.15) is 39.0 Å². The summed E-state index contributed by atoms with van der Waals surface area (Å²) in [6, 6.07) is 0. The van der Waals surface area contributed by atoms with Gasteiger partial charge in [0.15, 0.2) is 0 Å². The van der Waals surface area contributed by atoms with Crippen molar-refractivity contribution in [3.63, 3.8) is 0 Å². The first kappa shape index (κ1) is 17.5. The Morgan fingerprint density at radius 3 is 1.69 bits per heavy atom. The van der Waals surface area contributed by atoms with E-state index < -0.39 is 12.1 Å².